The number of aromatic amines is 1. The number of halogens is 1. The Morgan fingerprint density at radius 3 is 2.94 bits per heavy atom. The van der Waals surface area contributed by atoms with E-state index >= 15 is 0 Å². The van der Waals surface area contributed by atoms with Gasteiger partial charge in [0.05, 0.1) is 18.7 Å². The van der Waals surface area contributed by atoms with Gasteiger partial charge in [0.25, 0.3) is 5.91 Å². The number of fused-ring (bicyclic) bond motifs is 1. The zero-order valence-corrected chi connectivity index (χ0v) is 11.8. The van der Waals surface area contributed by atoms with Crippen LogP contribution < -0.4 is 0 Å². The van der Waals surface area contributed by atoms with Crippen LogP contribution in [-0.4, -0.2) is 47.3 Å². The Bertz CT molecular complexity index is 590. The number of carbonyl (C=O) groups excluding carboxylic acids is 1. The molecule has 0 unspecified atom stereocenters. The molecule has 1 aromatic carbocycles. The summed E-state index contributed by atoms with van der Waals surface area (Å²) in [5.74, 6) is 0.0539. The predicted octanol–water partition coefficient (Wildman–Crippen LogP) is 1.64. The van der Waals surface area contributed by atoms with Gasteiger partial charge >= 0.3 is 0 Å². The van der Waals surface area contributed by atoms with Crippen LogP contribution in [0, 0.1) is 3.70 Å². The van der Waals surface area contributed by atoms with Gasteiger partial charge in [-0.1, -0.05) is 0 Å². The average molecular weight is 357 g/mol. The number of hydrogen-bond donors (Lipinski definition) is 1. The number of H-pyrrole nitrogens is 1. The van der Waals surface area contributed by atoms with E-state index in [1.807, 2.05) is 23.1 Å². The summed E-state index contributed by atoms with van der Waals surface area (Å²) in [5.41, 5.74) is 1.52. The van der Waals surface area contributed by atoms with Crippen molar-refractivity contribution in [2.45, 2.75) is 0 Å². The van der Waals surface area contributed by atoms with E-state index in [4.69, 9.17) is 4.74 Å². The number of carbonyl (C=O) groups is 1. The molecule has 1 saturated heterocycles. The van der Waals surface area contributed by atoms with Crippen LogP contribution in [0.25, 0.3) is 10.9 Å². The van der Waals surface area contributed by atoms with Gasteiger partial charge in [-0.2, -0.15) is 5.10 Å². The van der Waals surface area contributed by atoms with Crippen LogP contribution in [0.5, 0.6) is 0 Å². The van der Waals surface area contributed by atoms with Gasteiger partial charge in [-0.05, 0) is 40.8 Å². The molecule has 2 heterocycles. The molecule has 1 aliphatic rings. The zero-order valence-electron chi connectivity index (χ0n) is 9.65. The Hall–Kier alpha value is -1.15. The molecule has 1 aliphatic heterocycles. The van der Waals surface area contributed by atoms with Crippen molar-refractivity contribution >= 4 is 39.4 Å². The minimum Gasteiger partial charge on any atom is -0.378 e. The van der Waals surface area contributed by atoms with Gasteiger partial charge < -0.3 is 9.64 Å². The molecule has 6 heteroatoms. The van der Waals surface area contributed by atoms with Gasteiger partial charge in [-0.3, -0.25) is 9.89 Å². The lowest BCUT2D eigenvalue weighted by Gasteiger charge is -2.26. The van der Waals surface area contributed by atoms with Crippen molar-refractivity contribution in [2.24, 2.45) is 0 Å². The third-order valence-electron chi connectivity index (χ3n) is 3.05. The summed E-state index contributed by atoms with van der Waals surface area (Å²) in [6.07, 6.45) is 0. The van der Waals surface area contributed by atoms with Crippen LogP contribution in [0.1, 0.15) is 10.4 Å². The highest BCUT2D eigenvalue weighted by Crippen LogP contribution is 2.19. The lowest BCUT2D eigenvalue weighted by Crippen LogP contribution is -2.40. The molecule has 18 heavy (non-hydrogen) atoms. The van der Waals surface area contributed by atoms with E-state index in [0.717, 1.165) is 14.6 Å². The quantitative estimate of drug-likeness (QED) is 0.790. The topological polar surface area (TPSA) is 58.2 Å². The largest absolute Gasteiger partial charge is 0.378 e. The van der Waals surface area contributed by atoms with Crippen molar-refractivity contribution in [3.8, 4) is 0 Å². The first-order valence-corrected chi connectivity index (χ1v) is 6.84. The summed E-state index contributed by atoms with van der Waals surface area (Å²) in [6.45, 7) is 2.56. The molecule has 0 bridgehead atoms. The molecule has 1 aromatic heterocycles. The summed E-state index contributed by atoms with van der Waals surface area (Å²) in [4.78, 5) is 14.1. The zero-order chi connectivity index (χ0) is 12.5. The van der Waals surface area contributed by atoms with E-state index in [-0.39, 0.29) is 5.91 Å². The molecule has 0 atom stereocenters. The Morgan fingerprint density at radius 2 is 2.17 bits per heavy atom. The van der Waals surface area contributed by atoms with Gasteiger partial charge in [-0.25, -0.2) is 0 Å². The Labute approximate surface area is 118 Å². The summed E-state index contributed by atoms with van der Waals surface area (Å²) >= 11 is 2.20. The summed E-state index contributed by atoms with van der Waals surface area (Å²) in [6, 6.07) is 5.64. The molecule has 1 amide bonds. The standard InChI is InChI=1S/C12H12IN3O2/c13-11-9-2-1-8(7-10(9)14-15-11)12(17)16-3-5-18-6-4-16/h1-2,7H,3-6H2,(H,14,15). The van der Waals surface area contributed by atoms with Crippen LogP contribution in [-0.2, 0) is 4.74 Å². The maximum Gasteiger partial charge on any atom is 0.254 e. The summed E-state index contributed by atoms with van der Waals surface area (Å²) < 4.78 is 6.24. The molecule has 3 rings (SSSR count). The molecule has 94 valence electrons. The normalized spacial score (nSPS) is 16.2. The third-order valence-corrected chi connectivity index (χ3v) is 3.88. The predicted molar refractivity (Wildman–Crippen MR) is 75.5 cm³/mol. The van der Waals surface area contributed by atoms with E-state index in [1.54, 1.807) is 0 Å². The second kappa shape index (κ2) is 4.85. The van der Waals surface area contributed by atoms with Crippen molar-refractivity contribution in [2.75, 3.05) is 26.3 Å². The SMILES string of the molecule is O=C(c1ccc2c(I)[nH]nc2c1)N1CCOCC1. The van der Waals surface area contributed by atoms with Crippen molar-refractivity contribution in [1.29, 1.82) is 0 Å². The second-order valence-corrected chi connectivity index (χ2v) is 5.25. The number of nitrogens with zero attached hydrogens (tertiary/aromatic N) is 2. The molecule has 0 saturated carbocycles. The van der Waals surface area contributed by atoms with Gasteiger partial charge in [-0.15, -0.1) is 0 Å². The Kier molecular flexibility index (Phi) is 3.21. The number of nitrogens with one attached hydrogen (secondary N) is 1. The van der Waals surface area contributed by atoms with Crippen molar-refractivity contribution < 1.29 is 9.53 Å². The maximum absolute atomic E-state index is 12.3. The minimum atomic E-state index is 0.0539. The highest BCUT2D eigenvalue weighted by molar-refractivity contribution is 14.1. The van der Waals surface area contributed by atoms with Crippen LogP contribution in [0.4, 0.5) is 0 Å². The van der Waals surface area contributed by atoms with Crippen LogP contribution in [0.3, 0.4) is 0 Å². The fraction of sp³-hybridized carbons (Fsp3) is 0.333. The number of rotatable bonds is 1. The lowest BCUT2D eigenvalue weighted by atomic mass is 10.1. The summed E-state index contributed by atoms with van der Waals surface area (Å²) in [5, 5.41) is 8.14. The van der Waals surface area contributed by atoms with Gasteiger partial charge in [0.15, 0.2) is 0 Å². The first kappa shape index (κ1) is 11.9. The van der Waals surface area contributed by atoms with E-state index in [9.17, 15) is 4.79 Å². The van der Waals surface area contributed by atoms with E-state index in [1.165, 1.54) is 0 Å². The number of morpholine rings is 1. The fourth-order valence-corrected chi connectivity index (χ4v) is 2.64. The number of aromatic nitrogens is 2. The maximum atomic E-state index is 12.3. The smallest absolute Gasteiger partial charge is 0.254 e. The number of benzene rings is 1. The van der Waals surface area contributed by atoms with Crippen LogP contribution in [0.2, 0.25) is 0 Å². The molecule has 0 radical (unpaired) electrons. The van der Waals surface area contributed by atoms with Gasteiger partial charge in [0.1, 0.15) is 3.70 Å². The second-order valence-electron chi connectivity index (χ2n) is 4.17. The Morgan fingerprint density at radius 1 is 1.39 bits per heavy atom. The number of hydrogen-bond acceptors (Lipinski definition) is 3. The van der Waals surface area contributed by atoms with Gasteiger partial charge in [0, 0.05) is 24.0 Å². The monoisotopic (exact) mass is 357 g/mol. The first-order valence-electron chi connectivity index (χ1n) is 5.76. The molecule has 5 nitrogen and oxygen atoms in total. The number of ether oxygens (including phenoxy) is 1. The van der Waals surface area contributed by atoms with Gasteiger partial charge in [0.2, 0.25) is 0 Å². The highest BCUT2D eigenvalue weighted by Gasteiger charge is 2.19. The molecule has 0 aliphatic carbocycles. The van der Waals surface area contributed by atoms with E-state index in [2.05, 4.69) is 32.8 Å². The minimum absolute atomic E-state index is 0.0539. The van der Waals surface area contributed by atoms with Crippen LogP contribution in [0.15, 0.2) is 18.2 Å². The number of amides is 1. The van der Waals surface area contributed by atoms with E-state index in [0.29, 0.717) is 31.9 Å². The van der Waals surface area contributed by atoms with Crippen molar-refractivity contribution in [3.05, 3.63) is 27.5 Å². The van der Waals surface area contributed by atoms with E-state index < -0.39 is 0 Å². The van der Waals surface area contributed by atoms with Crippen molar-refractivity contribution in [1.82, 2.24) is 15.1 Å². The average Bonchev–Trinajstić information content (AvgIpc) is 2.80. The molecular weight excluding hydrogens is 345 g/mol. The lowest BCUT2D eigenvalue weighted by molar-refractivity contribution is 0.0303. The molecule has 2 aromatic rings. The molecule has 0 spiro atoms. The molecule has 1 fully saturated rings. The molecular formula is C12H12IN3O2. The molecule has 1 N–H and O–H groups in total. The van der Waals surface area contributed by atoms with Crippen LogP contribution >= 0.6 is 22.6 Å². The highest BCUT2D eigenvalue weighted by atomic mass is 127. The summed E-state index contributed by atoms with van der Waals surface area (Å²) in [7, 11) is 0. The third kappa shape index (κ3) is 2.10. The fourth-order valence-electron chi connectivity index (χ4n) is 2.06. The Balaban J connectivity index is 1.91. The first-order chi connectivity index (χ1) is 8.75. The van der Waals surface area contributed by atoms with Crippen molar-refractivity contribution in [3.63, 3.8) is 0 Å².